The van der Waals surface area contributed by atoms with Crippen molar-refractivity contribution >= 4 is 23.0 Å². The van der Waals surface area contributed by atoms with Gasteiger partial charge in [-0.2, -0.15) is 5.10 Å². The van der Waals surface area contributed by atoms with E-state index in [-0.39, 0.29) is 5.75 Å². The summed E-state index contributed by atoms with van der Waals surface area (Å²) in [5.74, 6) is -0.449. The molecule has 0 amide bonds. The SMILES string of the molecule is C/C(=N\NC(=S)NCCC[NH+]1CCOCC1)c1cc(F)ccc1O. The number of aromatic hydroxyl groups is 1. The van der Waals surface area contributed by atoms with E-state index < -0.39 is 5.82 Å². The van der Waals surface area contributed by atoms with Gasteiger partial charge in [0.25, 0.3) is 0 Å². The number of nitrogens with zero attached hydrogens (tertiary/aromatic N) is 1. The zero-order valence-corrected chi connectivity index (χ0v) is 14.6. The number of phenolic OH excluding ortho intramolecular Hbond substituents is 1. The molecule has 0 saturated carbocycles. The second-order valence-corrected chi connectivity index (χ2v) is 6.10. The molecule has 132 valence electrons. The number of hydrazone groups is 1. The van der Waals surface area contributed by atoms with Gasteiger partial charge in [-0.15, -0.1) is 0 Å². The monoisotopic (exact) mass is 355 g/mol. The summed E-state index contributed by atoms with van der Waals surface area (Å²) in [5, 5.41) is 17.3. The van der Waals surface area contributed by atoms with Crippen LogP contribution in [-0.2, 0) is 4.74 Å². The Hall–Kier alpha value is -1.77. The molecule has 0 spiro atoms. The maximum absolute atomic E-state index is 13.2. The van der Waals surface area contributed by atoms with Crippen LogP contribution in [0.3, 0.4) is 0 Å². The molecular formula is C16H24FN4O2S+. The number of benzene rings is 1. The molecule has 1 aliphatic heterocycles. The lowest BCUT2D eigenvalue weighted by molar-refractivity contribution is -0.908. The molecule has 0 radical (unpaired) electrons. The molecule has 1 aromatic carbocycles. The lowest BCUT2D eigenvalue weighted by Crippen LogP contribution is -3.14. The molecule has 1 fully saturated rings. The van der Waals surface area contributed by atoms with Crippen molar-refractivity contribution in [2.75, 3.05) is 39.4 Å². The summed E-state index contributed by atoms with van der Waals surface area (Å²) in [7, 11) is 0. The maximum atomic E-state index is 13.2. The van der Waals surface area contributed by atoms with Gasteiger partial charge in [-0.25, -0.2) is 4.39 Å². The highest BCUT2D eigenvalue weighted by Crippen LogP contribution is 2.18. The van der Waals surface area contributed by atoms with Gasteiger partial charge < -0.3 is 20.1 Å². The van der Waals surface area contributed by atoms with Gasteiger partial charge in [-0.3, -0.25) is 5.43 Å². The van der Waals surface area contributed by atoms with Crippen LogP contribution < -0.4 is 15.6 Å². The van der Waals surface area contributed by atoms with Crippen molar-refractivity contribution in [2.45, 2.75) is 13.3 Å². The molecule has 24 heavy (non-hydrogen) atoms. The quantitative estimate of drug-likeness (QED) is 0.251. The summed E-state index contributed by atoms with van der Waals surface area (Å²) >= 11 is 5.16. The molecule has 0 atom stereocenters. The average molecular weight is 355 g/mol. The van der Waals surface area contributed by atoms with Gasteiger partial charge in [0.2, 0.25) is 0 Å². The van der Waals surface area contributed by atoms with Crippen LogP contribution in [0.1, 0.15) is 18.9 Å². The van der Waals surface area contributed by atoms with E-state index >= 15 is 0 Å². The van der Waals surface area contributed by atoms with Crippen molar-refractivity contribution in [3.8, 4) is 5.75 Å². The Balaban J connectivity index is 1.70. The molecule has 0 bridgehead atoms. The number of halogens is 1. The minimum Gasteiger partial charge on any atom is -0.507 e. The summed E-state index contributed by atoms with van der Waals surface area (Å²) in [6.45, 7) is 7.31. The summed E-state index contributed by atoms with van der Waals surface area (Å²) in [4.78, 5) is 1.55. The van der Waals surface area contributed by atoms with Crippen molar-refractivity contribution in [3.63, 3.8) is 0 Å². The third kappa shape index (κ3) is 6.03. The summed E-state index contributed by atoms with van der Waals surface area (Å²) in [6.07, 6.45) is 1.00. The number of quaternary nitrogens is 1. The number of hydrogen-bond donors (Lipinski definition) is 4. The molecule has 6 nitrogen and oxygen atoms in total. The molecule has 8 heteroatoms. The van der Waals surface area contributed by atoms with E-state index in [2.05, 4.69) is 15.8 Å². The zero-order chi connectivity index (χ0) is 17.4. The highest BCUT2D eigenvalue weighted by atomic mass is 32.1. The molecule has 1 heterocycles. The molecule has 2 rings (SSSR count). The standard InChI is InChI=1S/C16H23FN4O2S/c1-12(14-11-13(17)3-4-15(14)22)19-20-16(24)18-5-2-6-21-7-9-23-10-8-21/h3-4,11,22H,2,5-10H2,1H3,(H2,18,20,24)/p+1/b19-12+. The topological polar surface area (TPSA) is 70.3 Å². The lowest BCUT2D eigenvalue weighted by atomic mass is 10.1. The number of phenols is 1. The van der Waals surface area contributed by atoms with Crippen LogP contribution in [0.2, 0.25) is 0 Å². The Morgan fingerprint density at radius 3 is 2.92 bits per heavy atom. The molecule has 1 aliphatic rings. The molecule has 0 unspecified atom stereocenters. The van der Waals surface area contributed by atoms with E-state index in [1.165, 1.54) is 18.2 Å². The Morgan fingerprint density at radius 1 is 1.42 bits per heavy atom. The first kappa shape index (κ1) is 18.6. The number of nitrogens with one attached hydrogen (secondary N) is 3. The predicted molar refractivity (Wildman–Crippen MR) is 95.0 cm³/mol. The van der Waals surface area contributed by atoms with E-state index in [9.17, 15) is 9.50 Å². The highest BCUT2D eigenvalue weighted by Gasteiger charge is 2.12. The normalized spacial score (nSPS) is 16.0. The molecular weight excluding hydrogens is 331 g/mol. The van der Waals surface area contributed by atoms with Gasteiger partial charge in [0.05, 0.1) is 25.5 Å². The third-order valence-corrected chi connectivity index (χ3v) is 4.10. The van der Waals surface area contributed by atoms with Crippen molar-refractivity contribution in [2.24, 2.45) is 5.10 Å². The van der Waals surface area contributed by atoms with Crippen molar-refractivity contribution in [1.29, 1.82) is 0 Å². The van der Waals surface area contributed by atoms with Crippen LogP contribution in [0.25, 0.3) is 0 Å². The molecule has 1 aromatic rings. The minimum absolute atomic E-state index is 0.0215. The Bertz CT molecular complexity index is 591. The summed E-state index contributed by atoms with van der Waals surface area (Å²) in [5.41, 5.74) is 3.50. The number of hydrogen-bond acceptors (Lipinski definition) is 4. The summed E-state index contributed by atoms with van der Waals surface area (Å²) in [6, 6.07) is 3.73. The molecule has 0 aliphatic carbocycles. The Kier molecular flexibility index (Phi) is 7.36. The van der Waals surface area contributed by atoms with Crippen LogP contribution in [0.5, 0.6) is 5.75 Å². The van der Waals surface area contributed by atoms with Crippen LogP contribution in [0.15, 0.2) is 23.3 Å². The molecule has 0 aromatic heterocycles. The number of rotatable bonds is 6. The molecule has 1 saturated heterocycles. The van der Waals surface area contributed by atoms with E-state index in [0.717, 1.165) is 45.8 Å². The van der Waals surface area contributed by atoms with Crippen LogP contribution >= 0.6 is 12.2 Å². The number of morpholine rings is 1. The smallest absolute Gasteiger partial charge is 0.186 e. The first-order valence-electron chi connectivity index (χ1n) is 8.04. The fraction of sp³-hybridized carbons (Fsp3) is 0.500. The first-order chi connectivity index (χ1) is 11.6. The lowest BCUT2D eigenvalue weighted by Gasteiger charge is -2.23. The van der Waals surface area contributed by atoms with Gasteiger partial charge in [-0.1, -0.05) is 0 Å². The third-order valence-electron chi connectivity index (χ3n) is 3.87. The van der Waals surface area contributed by atoms with E-state index in [0.29, 0.717) is 16.4 Å². The van der Waals surface area contributed by atoms with Gasteiger partial charge in [-0.05, 0) is 37.3 Å². The zero-order valence-electron chi connectivity index (χ0n) is 13.8. The largest absolute Gasteiger partial charge is 0.507 e. The van der Waals surface area contributed by atoms with Crippen LogP contribution in [-0.4, -0.2) is 55.3 Å². The van der Waals surface area contributed by atoms with Crippen LogP contribution in [0.4, 0.5) is 4.39 Å². The minimum atomic E-state index is -0.427. The fourth-order valence-electron chi connectivity index (χ4n) is 2.48. The number of thiocarbonyl (C=S) groups is 1. The van der Waals surface area contributed by atoms with Gasteiger partial charge in [0.15, 0.2) is 5.11 Å². The van der Waals surface area contributed by atoms with Crippen LogP contribution in [0, 0.1) is 5.82 Å². The van der Waals surface area contributed by atoms with Crippen molar-refractivity contribution < 1.29 is 19.1 Å². The van der Waals surface area contributed by atoms with Gasteiger partial charge in [0, 0.05) is 18.5 Å². The second kappa shape index (κ2) is 9.51. The average Bonchev–Trinajstić information content (AvgIpc) is 2.59. The molecule has 4 N–H and O–H groups in total. The second-order valence-electron chi connectivity index (χ2n) is 5.69. The maximum Gasteiger partial charge on any atom is 0.186 e. The van der Waals surface area contributed by atoms with Gasteiger partial charge >= 0.3 is 0 Å². The van der Waals surface area contributed by atoms with E-state index in [1.54, 1.807) is 11.8 Å². The highest BCUT2D eigenvalue weighted by molar-refractivity contribution is 7.80. The van der Waals surface area contributed by atoms with E-state index in [4.69, 9.17) is 17.0 Å². The Morgan fingerprint density at radius 2 is 2.17 bits per heavy atom. The Labute approximate surface area is 146 Å². The van der Waals surface area contributed by atoms with Crippen molar-refractivity contribution in [3.05, 3.63) is 29.6 Å². The van der Waals surface area contributed by atoms with Crippen molar-refractivity contribution in [1.82, 2.24) is 10.7 Å². The predicted octanol–water partition coefficient (Wildman–Crippen LogP) is 0.0246. The fourth-order valence-corrected chi connectivity index (χ4v) is 2.63. The number of ether oxygens (including phenoxy) is 1. The first-order valence-corrected chi connectivity index (χ1v) is 8.45. The van der Waals surface area contributed by atoms with E-state index in [1.807, 2.05) is 0 Å². The summed E-state index contributed by atoms with van der Waals surface area (Å²) < 4.78 is 18.6. The van der Waals surface area contributed by atoms with Gasteiger partial charge in [0.1, 0.15) is 24.7 Å².